The van der Waals surface area contributed by atoms with Gasteiger partial charge in [0, 0.05) is 31.4 Å². The summed E-state index contributed by atoms with van der Waals surface area (Å²) in [5.74, 6) is 1.26. The molecule has 1 fully saturated rings. The number of piperidine rings is 1. The van der Waals surface area contributed by atoms with Gasteiger partial charge in [-0.3, -0.25) is 9.36 Å². The van der Waals surface area contributed by atoms with Gasteiger partial charge in [0.15, 0.2) is 5.69 Å². The average Bonchev–Trinajstić information content (AvgIpc) is 2.60. The van der Waals surface area contributed by atoms with Crippen LogP contribution in [0.15, 0.2) is 29.7 Å². The second kappa shape index (κ2) is 6.57. The number of aromatic nitrogens is 4. The highest BCUT2D eigenvalue weighted by Gasteiger charge is 2.21. The van der Waals surface area contributed by atoms with E-state index in [1.165, 1.54) is 6.20 Å². The number of nitrogens with zero attached hydrogens (tertiary/aromatic N) is 6. The van der Waals surface area contributed by atoms with Gasteiger partial charge in [0.05, 0.1) is 18.7 Å². The van der Waals surface area contributed by atoms with Crippen LogP contribution in [0.3, 0.4) is 0 Å². The molecule has 7 nitrogen and oxygen atoms in total. The molecule has 2 aromatic rings. The number of rotatable bonds is 3. The highest BCUT2D eigenvalue weighted by Crippen LogP contribution is 2.22. The molecule has 118 valence electrons. The van der Waals surface area contributed by atoms with E-state index in [1.807, 2.05) is 6.07 Å². The SMILES string of the molecule is Cc1cncn(CC2CCN(c3cnc(C#N)cn3)CC2)c1=O. The van der Waals surface area contributed by atoms with E-state index in [9.17, 15) is 4.79 Å². The molecule has 7 heteroatoms. The van der Waals surface area contributed by atoms with Crippen LogP contribution in [-0.2, 0) is 6.54 Å². The summed E-state index contributed by atoms with van der Waals surface area (Å²) in [6.45, 7) is 4.25. The fourth-order valence-electron chi connectivity index (χ4n) is 2.85. The minimum absolute atomic E-state index is 0.0420. The third-order valence-corrected chi connectivity index (χ3v) is 4.22. The van der Waals surface area contributed by atoms with Gasteiger partial charge in [-0.2, -0.15) is 5.26 Å². The summed E-state index contributed by atoms with van der Waals surface area (Å²) in [7, 11) is 0. The van der Waals surface area contributed by atoms with Crippen molar-refractivity contribution in [3.8, 4) is 6.07 Å². The molecule has 0 saturated carbocycles. The summed E-state index contributed by atoms with van der Waals surface area (Å²) in [5.41, 5.74) is 1.05. The van der Waals surface area contributed by atoms with Crippen molar-refractivity contribution in [2.75, 3.05) is 18.0 Å². The molecule has 0 amide bonds. The van der Waals surface area contributed by atoms with Crippen molar-refractivity contribution in [1.29, 1.82) is 5.26 Å². The molecule has 3 heterocycles. The molecule has 0 bridgehead atoms. The molecule has 3 rings (SSSR count). The van der Waals surface area contributed by atoms with Crippen LogP contribution in [0.2, 0.25) is 0 Å². The van der Waals surface area contributed by atoms with E-state index in [2.05, 4.69) is 19.9 Å². The summed E-state index contributed by atoms with van der Waals surface area (Å²) >= 11 is 0. The minimum Gasteiger partial charge on any atom is -0.355 e. The summed E-state index contributed by atoms with van der Waals surface area (Å²) < 4.78 is 1.71. The smallest absolute Gasteiger partial charge is 0.256 e. The molecule has 0 aromatic carbocycles. The first-order valence-corrected chi connectivity index (χ1v) is 7.65. The maximum absolute atomic E-state index is 12.1. The van der Waals surface area contributed by atoms with Crippen LogP contribution in [0, 0.1) is 24.2 Å². The van der Waals surface area contributed by atoms with Gasteiger partial charge in [-0.25, -0.2) is 15.0 Å². The number of nitriles is 1. The van der Waals surface area contributed by atoms with Crippen LogP contribution in [0.25, 0.3) is 0 Å². The Kier molecular flexibility index (Phi) is 4.33. The highest BCUT2D eigenvalue weighted by atomic mass is 16.1. The first kappa shape index (κ1) is 15.2. The van der Waals surface area contributed by atoms with Gasteiger partial charge >= 0.3 is 0 Å². The van der Waals surface area contributed by atoms with Crippen LogP contribution < -0.4 is 10.5 Å². The zero-order valence-corrected chi connectivity index (χ0v) is 13.0. The summed E-state index contributed by atoms with van der Waals surface area (Å²) in [6, 6.07) is 1.97. The Hall–Kier alpha value is -2.75. The Morgan fingerprint density at radius 3 is 2.70 bits per heavy atom. The fraction of sp³-hybridized carbons (Fsp3) is 0.438. The molecule has 0 radical (unpaired) electrons. The topological polar surface area (TPSA) is 87.7 Å². The van der Waals surface area contributed by atoms with Crippen molar-refractivity contribution >= 4 is 5.82 Å². The lowest BCUT2D eigenvalue weighted by atomic mass is 9.96. The standard InChI is InChI=1S/C16H18N6O/c1-12-7-18-11-22(16(12)23)10-13-2-4-21(5-3-13)15-9-19-14(6-17)8-20-15/h7-9,11,13H,2-5,10H2,1H3. The molecule has 23 heavy (non-hydrogen) atoms. The molecule has 1 saturated heterocycles. The van der Waals surface area contributed by atoms with Gasteiger partial charge in [-0.05, 0) is 25.7 Å². The van der Waals surface area contributed by atoms with E-state index < -0.39 is 0 Å². The maximum Gasteiger partial charge on any atom is 0.256 e. The van der Waals surface area contributed by atoms with E-state index >= 15 is 0 Å². The largest absolute Gasteiger partial charge is 0.355 e. The molecular weight excluding hydrogens is 292 g/mol. The molecule has 0 atom stereocenters. The van der Waals surface area contributed by atoms with E-state index in [1.54, 1.807) is 30.2 Å². The first-order valence-electron chi connectivity index (χ1n) is 7.65. The van der Waals surface area contributed by atoms with Crippen LogP contribution >= 0.6 is 0 Å². The van der Waals surface area contributed by atoms with Gasteiger partial charge < -0.3 is 4.90 Å². The second-order valence-electron chi connectivity index (χ2n) is 5.84. The number of aryl methyl sites for hydroxylation is 1. The zero-order chi connectivity index (χ0) is 16.2. The quantitative estimate of drug-likeness (QED) is 0.844. The summed E-state index contributed by atoms with van der Waals surface area (Å²) in [5, 5.41) is 8.76. The maximum atomic E-state index is 12.1. The van der Waals surface area contributed by atoms with Gasteiger partial charge in [0.2, 0.25) is 0 Å². The van der Waals surface area contributed by atoms with Crippen LogP contribution in [-0.4, -0.2) is 32.6 Å². The van der Waals surface area contributed by atoms with Gasteiger partial charge in [-0.1, -0.05) is 0 Å². The summed E-state index contributed by atoms with van der Waals surface area (Å²) in [4.78, 5) is 26.7. The monoisotopic (exact) mass is 310 g/mol. The lowest BCUT2D eigenvalue weighted by Gasteiger charge is -2.32. The van der Waals surface area contributed by atoms with Crippen molar-refractivity contribution in [3.63, 3.8) is 0 Å². The molecule has 0 unspecified atom stereocenters. The first-order chi connectivity index (χ1) is 11.2. The molecule has 1 aliphatic rings. The van der Waals surface area contributed by atoms with Gasteiger partial charge in [-0.15, -0.1) is 0 Å². The molecular formula is C16H18N6O. The van der Waals surface area contributed by atoms with E-state index in [-0.39, 0.29) is 5.56 Å². The molecule has 1 aliphatic heterocycles. The van der Waals surface area contributed by atoms with Gasteiger partial charge in [0.1, 0.15) is 11.9 Å². The van der Waals surface area contributed by atoms with Crippen LogP contribution in [0.4, 0.5) is 5.82 Å². The zero-order valence-electron chi connectivity index (χ0n) is 13.0. The molecule has 0 aliphatic carbocycles. The van der Waals surface area contributed by atoms with Crippen LogP contribution in [0.1, 0.15) is 24.1 Å². The Balaban J connectivity index is 1.61. The summed E-state index contributed by atoms with van der Waals surface area (Å²) in [6.07, 6.45) is 8.34. The van der Waals surface area contributed by atoms with E-state index in [4.69, 9.17) is 5.26 Å². The predicted molar refractivity (Wildman–Crippen MR) is 84.9 cm³/mol. The van der Waals surface area contributed by atoms with E-state index in [0.29, 0.717) is 23.7 Å². The highest BCUT2D eigenvalue weighted by molar-refractivity contribution is 5.37. The predicted octanol–water partition coefficient (Wildman–Crippen LogP) is 1.13. The Morgan fingerprint density at radius 2 is 2.04 bits per heavy atom. The number of hydrogen-bond acceptors (Lipinski definition) is 6. The second-order valence-corrected chi connectivity index (χ2v) is 5.84. The molecule has 0 spiro atoms. The number of hydrogen-bond donors (Lipinski definition) is 0. The lowest BCUT2D eigenvalue weighted by Crippen LogP contribution is -2.37. The fourth-order valence-corrected chi connectivity index (χ4v) is 2.85. The van der Waals surface area contributed by atoms with Crippen molar-refractivity contribution in [2.24, 2.45) is 5.92 Å². The minimum atomic E-state index is 0.0420. The van der Waals surface area contributed by atoms with Crippen molar-refractivity contribution in [2.45, 2.75) is 26.3 Å². The molecule has 2 aromatic heterocycles. The lowest BCUT2D eigenvalue weighted by molar-refractivity contribution is 0.349. The Morgan fingerprint density at radius 1 is 1.26 bits per heavy atom. The third kappa shape index (κ3) is 3.37. The van der Waals surface area contributed by atoms with Crippen LogP contribution in [0.5, 0.6) is 0 Å². The van der Waals surface area contributed by atoms with Crippen molar-refractivity contribution in [1.82, 2.24) is 19.5 Å². The molecule has 0 N–H and O–H groups in total. The van der Waals surface area contributed by atoms with Crippen molar-refractivity contribution in [3.05, 3.63) is 46.5 Å². The van der Waals surface area contributed by atoms with E-state index in [0.717, 1.165) is 31.7 Å². The van der Waals surface area contributed by atoms with Crippen molar-refractivity contribution < 1.29 is 0 Å². The average molecular weight is 310 g/mol. The number of anilines is 1. The Bertz CT molecular complexity index is 768. The Labute approximate surface area is 134 Å². The third-order valence-electron chi connectivity index (χ3n) is 4.22. The van der Waals surface area contributed by atoms with Gasteiger partial charge in [0.25, 0.3) is 5.56 Å². The normalized spacial score (nSPS) is 15.4.